The van der Waals surface area contributed by atoms with Crippen LogP contribution in [0.5, 0.6) is 5.75 Å². The summed E-state index contributed by atoms with van der Waals surface area (Å²) in [7, 11) is 0. The quantitative estimate of drug-likeness (QED) is 0.450. The third kappa shape index (κ3) is 6.59. The fourth-order valence-corrected chi connectivity index (χ4v) is 5.09. The number of ether oxygens (including phenoxy) is 1. The van der Waals surface area contributed by atoms with Crippen molar-refractivity contribution in [1.29, 1.82) is 0 Å². The molecule has 0 bridgehead atoms. The Kier molecular flexibility index (Phi) is 7.91. The van der Waals surface area contributed by atoms with Gasteiger partial charge in [-0.1, -0.05) is 24.3 Å². The van der Waals surface area contributed by atoms with Gasteiger partial charge >= 0.3 is 0 Å². The van der Waals surface area contributed by atoms with Crippen molar-refractivity contribution in [2.24, 2.45) is 0 Å². The number of amides is 1. The molecule has 6 nitrogen and oxygen atoms in total. The first-order chi connectivity index (χ1) is 17.2. The molecule has 0 radical (unpaired) electrons. The van der Waals surface area contributed by atoms with Crippen LogP contribution in [0.25, 0.3) is 10.9 Å². The number of pyridine rings is 1. The van der Waals surface area contributed by atoms with Gasteiger partial charge in [-0.3, -0.25) is 14.7 Å². The first-order valence-electron chi connectivity index (χ1n) is 13.1. The highest BCUT2D eigenvalue weighted by atomic mass is 16.5. The third-order valence-corrected chi connectivity index (χ3v) is 7.08. The topological polar surface area (TPSA) is 57.7 Å². The Morgan fingerprint density at radius 1 is 0.886 bits per heavy atom. The molecule has 3 heterocycles. The van der Waals surface area contributed by atoms with E-state index in [-0.39, 0.29) is 5.91 Å². The predicted molar refractivity (Wildman–Crippen MR) is 141 cm³/mol. The molecule has 184 valence electrons. The Balaban J connectivity index is 0.984. The zero-order valence-electron chi connectivity index (χ0n) is 20.5. The van der Waals surface area contributed by atoms with Crippen LogP contribution in [-0.4, -0.2) is 60.0 Å². The number of aromatic nitrogens is 1. The Bertz CT molecular complexity index is 1150. The van der Waals surface area contributed by atoms with E-state index in [2.05, 4.69) is 57.6 Å². The van der Waals surface area contributed by atoms with Crippen LogP contribution in [0.3, 0.4) is 0 Å². The molecule has 2 aliphatic heterocycles. The first-order valence-corrected chi connectivity index (χ1v) is 13.1. The maximum absolute atomic E-state index is 11.5. The van der Waals surface area contributed by atoms with E-state index in [4.69, 9.17) is 9.72 Å². The van der Waals surface area contributed by atoms with E-state index >= 15 is 0 Å². The van der Waals surface area contributed by atoms with E-state index < -0.39 is 0 Å². The summed E-state index contributed by atoms with van der Waals surface area (Å²) in [6.45, 7) is 7.42. The van der Waals surface area contributed by atoms with Crippen molar-refractivity contribution in [3.63, 3.8) is 0 Å². The third-order valence-electron chi connectivity index (χ3n) is 7.08. The van der Waals surface area contributed by atoms with Crippen molar-refractivity contribution < 1.29 is 9.53 Å². The monoisotopic (exact) mass is 472 g/mol. The summed E-state index contributed by atoms with van der Waals surface area (Å²) in [4.78, 5) is 21.5. The van der Waals surface area contributed by atoms with Crippen molar-refractivity contribution >= 4 is 22.5 Å². The lowest BCUT2D eigenvalue weighted by molar-refractivity contribution is -0.116. The average Bonchev–Trinajstić information content (AvgIpc) is 3.11. The summed E-state index contributed by atoms with van der Waals surface area (Å²) < 4.78 is 5.97. The normalized spacial score (nSPS) is 17.1. The minimum atomic E-state index is 0.102. The Hall–Kier alpha value is -2.96. The summed E-state index contributed by atoms with van der Waals surface area (Å²) in [6.07, 6.45) is 6.04. The van der Waals surface area contributed by atoms with E-state index in [1.54, 1.807) is 0 Å². The van der Waals surface area contributed by atoms with Gasteiger partial charge in [0.2, 0.25) is 5.91 Å². The summed E-state index contributed by atoms with van der Waals surface area (Å²) >= 11 is 0. The second kappa shape index (κ2) is 11.6. The smallest absolute Gasteiger partial charge is 0.224 e. The van der Waals surface area contributed by atoms with Crippen molar-refractivity contribution in [3.8, 4) is 5.75 Å². The van der Waals surface area contributed by atoms with Crippen molar-refractivity contribution in [2.45, 2.75) is 45.1 Å². The number of nitrogens with one attached hydrogen (secondary N) is 1. The maximum Gasteiger partial charge on any atom is 0.224 e. The van der Waals surface area contributed by atoms with E-state index in [9.17, 15) is 4.79 Å². The molecule has 0 spiro atoms. The standard InChI is InChI=1S/C29H36N4O2/c34-29-14-10-24-21-26(12-13-28(24)31-29)35-20-5-1-4-15-32-16-6-17-33(19-18-32)22-25-11-9-23-7-2-3-8-27(23)30-25/h2-3,7-9,11-13,21H,1,4-6,10,14-20,22H2,(H,31,34). The highest BCUT2D eigenvalue weighted by Crippen LogP contribution is 2.27. The largest absolute Gasteiger partial charge is 0.494 e. The van der Waals surface area contributed by atoms with E-state index in [1.165, 1.54) is 49.0 Å². The van der Waals surface area contributed by atoms with Crippen molar-refractivity contribution in [2.75, 3.05) is 44.6 Å². The number of anilines is 1. The summed E-state index contributed by atoms with van der Waals surface area (Å²) in [5.74, 6) is 1.01. The molecule has 0 unspecified atom stereocenters. The predicted octanol–water partition coefficient (Wildman–Crippen LogP) is 4.88. The molecule has 5 rings (SSSR count). The van der Waals surface area contributed by atoms with Gasteiger partial charge < -0.3 is 15.0 Å². The van der Waals surface area contributed by atoms with Crippen LogP contribution in [0, 0.1) is 0 Å². The molecule has 1 fully saturated rings. The van der Waals surface area contributed by atoms with Crippen LogP contribution in [0.1, 0.15) is 43.4 Å². The van der Waals surface area contributed by atoms with Gasteiger partial charge in [0.05, 0.1) is 17.8 Å². The van der Waals surface area contributed by atoms with Gasteiger partial charge in [-0.2, -0.15) is 0 Å². The molecule has 6 heteroatoms. The van der Waals surface area contributed by atoms with Gasteiger partial charge in [0, 0.05) is 37.1 Å². The number of nitrogens with zero attached hydrogens (tertiary/aromatic N) is 3. The fourth-order valence-electron chi connectivity index (χ4n) is 5.09. The molecule has 2 aromatic carbocycles. The van der Waals surface area contributed by atoms with Crippen LogP contribution in [0.4, 0.5) is 5.69 Å². The number of rotatable bonds is 9. The van der Waals surface area contributed by atoms with Crippen LogP contribution >= 0.6 is 0 Å². The minimum absolute atomic E-state index is 0.102. The van der Waals surface area contributed by atoms with E-state index in [1.807, 2.05) is 12.1 Å². The Morgan fingerprint density at radius 3 is 2.74 bits per heavy atom. The number of aryl methyl sites for hydroxylation is 1. The van der Waals surface area contributed by atoms with Gasteiger partial charge in [0.15, 0.2) is 0 Å². The molecule has 1 amide bonds. The van der Waals surface area contributed by atoms with Gasteiger partial charge in [-0.25, -0.2) is 0 Å². The van der Waals surface area contributed by atoms with E-state index in [0.717, 1.165) is 62.6 Å². The number of hydrogen-bond donors (Lipinski definition) is 1. The molecule has 2 aliphatic rings. The zero-order chi connectivity index (χ0) is 23.9. The first kappa shape index (κ1) is 23.8. The van der Waals surface area contributed by atoms with Crippen LogP contribution < -0.4 is 10.1 Å². The molecule has 0 aliphatic carbocycles. The number of carbonyl (C=O) groups is 1. The van der Waals surface area contributed by atoms with E-state index in [0.29, 0.717) is 6.42 Å². The Labute approximate surface area is 208 Å². The molecule has 1 aromatic heterocycles. The molecular formula is C29H36N4O2. The molecular weight excluding hydrogens is 436 g/mol. The fraction of sp³-hybridized carbons (Fsp3) is 0.448. The second-order valence-electron chi connectivity index (χ2n) is 9.74. The molecule has 0 atom stereocenters. The lowest BCUT2D eigenvalue weighted by Gasteiger charge is -2.21. The number of hydrogen-bond acceptors (Lipinski definition) is 5. The lowest BCUT2D eigenvalue weighted by atomic mass is 10.0. The van der Waals surface area contributed by atoms with Crippen molar-refractivity contribution in [1.82, 2.24) is 14.8 Å². The lowest BCUT2D eigenvalue weighted by Crippen LogP contribution is -2.31. The van der Waals surface area contributed by atoms with Crippen LogP contribution in [0.15, 0.2) is 54.6 Å². The number of carbonyl (C=O) groups excluding carboxylic acids is 1. The van der Waals surface area contributed by atoms with Gasteiger partial charge in [-0.15, -0.1) is 0 Å². The summed E-state index contributed by atoms with van der Waals surface area (Å²) in [6, 6.07) is 18.7. The maximum atomic E-state index is 11.5. The molecule has 1 saturated heterocycles. The average molecular weight is 473 g/mol. The number of para-hydroxylation sites is 1. The molecule has 0 saturated carbocycles. The zero-order valence-corrected chi connectivity index (χ0v) is 20.5. The second-order valence-corrected chi connectivity index (χ2v) is 9.74. The highest BCUT2D eigenvalue weighted by Gasteiger charge is 2.16. The number of fused-ring (bicyclic) bond motifs is 2. The van der Waals surface area contributed by atoms with Crippen LogP contribution in [-0.2, 0) is 17.8 Å². The highest BCUT2D eigenvalue weighted by molar-refractivity contribution is 5.94. The molecule has 35 heavy (non-hydrogen) atoms. The number of unbranched alkanes of at least 4 members (excludes halogenated alkanes) is 2. The van der Waals surface area contributed by atoms with Crippen molar-refractivity contribution in [3.05, 3.63) is 65.9 Å². The van der Waals surface area contributed by atoms with Gasteiger partial charge in [0.25, 0.3) is 0 Å². The SMILES string of the molecule is O=C1CCc2cc(OCCCCCN3CCCN(Cc4ccc5ccccc5n4)CC3)ccc2N1. The van der Waals surface area contributed by atoms with Crippen LogP contribution in [0.2, 0.25) is 0 Å². The van der Waals surface area contributed by atoms with Gasteiger partial charge in [0.1, 0.15) is 5.75 Å². The van der Waals surface area contributed by atoms with Gasteiger partial charge in [-0.05, 0) is 87.6 Å². The molecule has 3 aromatic rings. The number of benzene rings is 2. The molecule has 1 N–H and O–H groups in total. The summed E-state index contributed by atoms with van der Waals surface area (Å²) in [5.41, 5.74) is 4.36. The Morgan fingerprint density at radius 2 is 1.77 bits per heavy atom. The minimum Gasteiger partial charge on any atom is -0.494 e. The summed E-state index contributed by atoms with van der Waals surface area (Å²) in [5, 5.41) is 4.13.